The van der Waals surface area contributed by atoms with E-state index in [4.69, 9.17) is 11.6 Å². The van der Waals surface area contributed by atoms with Gasteiger partial charge in [-0.2, -0.15) is 0 Å². The first-order valence-electron chi connectivity index (χ1n) is 9.31. The number of sulfonamides is 1. The van der Waals surface area contributed by atoms with E-state index in [9.17, 15) is 13.2 Å². The van der Waals surface area contributed by atoms with Crippen LogP contribution in [0.1, 0.15) is 43.4 Å². The van der Waals surface area contributed by atoms with Crippen LogP contribution >= 0.6 is 11.6 Å². The topological polar surface area (TPSA) is 66.5 Å². The molecule has 5 nitrogen and oxygen atoms in total. The number of hydrogen-bond donors (Lipinski definition) is 1. The maximum Gasteiger partial charge on any atom is 0.232 e. The molecule has 2 aromatic carbocycles. The third-order valence-corrected chi connectivity index (χ3v) is 6.21. The summed E-state index contributed by atoms with van der Waals surface area (Å²) in [5.41, 5.74) is 2.31. The fourth-order valence-electron chi connectivity index (χ4n) is 3.09. The Bertz CT molecular complexity index is 901. The fourth-order valence-corrected chi connectivity index (χ4v) is 4.27. The van der Waals surface area contributed by atoms with Gasteiger partial charge in [0.1, 0.15) is 0 Å². The van der Waals surface area contributed by atoms with Crippen LogP contribution in [0.4, 0.5) is 5.69 Å². The van der Waals surface area contributed by atoms with Crippen molar-refractivity contribution >= 4 is 33.2 Å². The highest BCUT2D eigenvalue weighted by molar-refractivity contribution is 7.92. The Labute approximate surface area is 172 Å². The van der Waals surface area contributed by atoms with Crippen LogP contribution in [0.3, 0.4) is 0 Å². The molecule has 0 aliphatic heterocycles. The second kappa shape index (κ2) is 9.94. The summed E-state index contributed by atoms with van der Waals surface area (Å²) < 4.78 is 25.8. The van der Waals surface area contributed by atoms with Crippen LogP contribution in [-0.2, 0) is 14.8 Å². The molecule has 2 rings (SSSR count). The van der Waals surface area contributed by atoms with E-state index >= 15 is 0 Å². The summed E-state index contributed by atoms with van der Waals surface area (Å²) in [6, 6.07) is 14.9. The number of carbonyl (C=O) groups excluding carboxylic acids is 1. The van der Waals surface area contributed by atoms with Crippen molar-refractivity contribution in [3.05, 3.63) is 64.7 Å². The van der Waals surface area contributed by atoms with Gasteiger partial charge >= 0.3 is 0 Å². The number of carbonyl (C=O) groups is 1. The number of rotatable bonds is 9. The molecule has 0 aliphatic rings. The van der Waals surface area contributed by atoms with Crippen LogP contribution in [0.25, 0.3) is 0 Å². The Morgan fingerprint density at radius 3 is 2.43 bits per heavy atom. The van der Waals surface area contributed by atoms with E-state index < -0.39 is 10.0 Å². The Balaban J connectivity index is 2.00. The van der Waals surface area contributed by atoms with Gasteiger partial charge in [-0.05, 0) is 43.0 Å². The minimum absolute atomic E-state index is 0.0464. The largest absolute Gasteiger partial charge is 0.349 e. The molecule has 1 N–H and O–H groups in total. The molecule has 0 aromatic heterocycles. The molecule has 152 valence electrons. The van der Waals surface area contributed by atoms with Crippen LogP contribution in [0.15, 0.2) is 48.5 Å². The Morgan fingerprint density at radius 2 is 1.82 bits per heavy atom. The molecule has 0 radical (unpaired) electrons. The van der Waals surface area contributed by atoms with Gasteiger partial charge in [-0.25, -0.2) is 8.42 Å². The minimum Gasteiger partial charge on any atom is -0.349 e. The third kappa shape index (κ3) is 5.97. The second-order valence-corrected chi connectivity index (χ2v) is 9.08. The quantitative estimate of drug-likeness (QED) is 0.648. The first kappa shape index (κ1) is 22.2. The second-order valence-electron chi connectivity index (χ2n) is 6.76. The highest BCUT2D eigenvalue weighted by Crippen LogP contribution is 2.28. The number of hydrogen-bond acceptors (Lipinski definition) is 3. The zero-order valence-electron chi connectivity index (χ0n) is 16.5. The van der Waals surface area contributed by atoms with E-state index in [1.165, 1.54) is 4.31 Å². The maximum atomic E-state index is 12.4. The van der Waals surface area contributed by atoms with Gasteiger partial charge in [0.05, 0.1) is 18.0 Å². The van der Waals surface area contributed by atoms with Crippen molar-refractivity contribution in [3.63, 3.8) is 0 Å². The number of benzene rings is 2. The van der Waals surface area contributed by atoms with Crippen LogP contribution in [0, 0.1) is 6.92 Å². The zero-order valence-corrected chi connectivity index (χ0v) is 18.1. The van der Waals surface area contributed by atoms with Crippen molar-refractivity contribution in [1.29, 1.82) is 0 Å². The number of nitrogens with zero attached hydrogens (tertiary/aromatic N) is 1. The lowest BCUT2D eigenvalue weighted by Crippen LogP contribution is -2.33. The lowest BCUT2D eigenvalue weighted by Gasteiger charge is -2.24. The smallest absolute Gasteiger partial charge is 0.232 e. The monoisotopic (exact) mass is 422 g/mol. The third-order valence-electron chi connectivity index (χ3n) is 4.62. The average molecular weight is 423 g/mol. The molecule has 1 amide bonds. The molecule has 0 spiro atoms. The number of halogens is 1. The molecule has 0 saturated carbocycles. The Hall–Kier alpha value is -2.05. The summed E-state index contributed by atoms with van der Waals surface area (Å²) in [6.45, 7) is 4.02. The van der Waals surface area contributed by atoms with Crippen molar-refractivity contribution in [2.45, 2.75) is 39.2 Å². The van der Waals surface area contributed by atoms with Crippen molar-refractivity contribution in [2.24, 2.45) is 0 Å². The molecular weight excluding hydrogens is 396 g/mol. The average Bonchev–Trinajstić information content (AvgIpc) is 2.66. The first-order chi connectivity index (χ1) is 13.2. The minimum atomic E-state index is -3.48. The molecular formula is C21H27ClN2O3S. The van der Waals surface area contributed by atoms with E-state index in [1.54, 1.807) is 25.1 Å². The van der Waals surface area contributed by atoms with Gasteiger partial charge in [-0.3, -0.25) is 9.10 Å². The SMILES string of the molecule is CC[C@H](NC(=O)CCCN(c1cccc(Cl)c1C)S(C)(=O)=O)c1ccccc1. The molecule has 2 aromatic rings. The summed E-state index contributed by atoms with van der Waals surface area (Å²) in [7, 11) is -3.48. The lowest BCUT2D eigenvalue weighted by molar-refractivity contribution is -0.121. The number of amides is 1. The van der Waals surface area contributed by atoms with Gasteiger partial charge in [0.25, 0.3) is 0 Å². The van der Waals surface area contributed by atoms with Crippen LogP contribution in [-0.4, -0.2) is 27.1 Å². The summed E-state index contributed by atoms with van der Waals surface area (Å²) in [6.07, 6.45) is 2.61. The van der Waals surface area contributed by atoms with E-state index in [1.807, 2.05) is 37.3 Å². The van der Waals surface area contributed by atoms with Gasteiger partial charge in [0.2, 0.25) is 15.9 Å². The molecule has 0 bridgehead atoms. The summed E-state index contributed by atoms with van der Waals surface area (Å²) in [4.78, 5) is 12.4. The highest BCUT2D eigenvalue weighted by Gasteiger charge is 2.20. The van der Waals surface area contributed by atoms with E-state index in [-0.39, 0.29) is 24.9 Å². The van der Waals surface area contributed by atoms with Crippen molar-refractivity contribution in [1.82, 2.24) is 5.32 Å². The molecule has 0 fully saturated rings. The van der Waals surface area contributed by atoms with E-state index in [0.717, 1.165) is 18.2 Å². The summed E-state index contributed by atoms with van der Waals surface area (Å²) >= 11 is 6.14. The van der Waals surface area contributed by atoms with Crippen molar-refractivity contribution in [2.75, 3.05) is 17.1 Å². The molecule has 28 heavy (non-hydrogen) atoms. The van der Waals surface area contributed by atoms with Crippen LogP contribution < -0.4 is 9.62 Å². The van der Waals surface area contributed by atoms with Gasteiger partial charge in [-0.15, -0.1) is 0 Å². The molecule has 0 saturated heterocycles. The lowest BCUT2D eigenvalue weighted by atomic mass is 10.0. The summed E-state index contributed by atoms with van der Waals surface area (Å²) in [5.74, 6) is -0.0908. The number of anilines is 1. The van der Waals surface area contributed by atoms with Crippen LogP contribution in [0.5, 0.6) is 0 Å². The van der Waals surface area contributed by atoms with Crippen molar-refractivity contribution in [3.8, 4) is 0 Å². The van der Waals surface area contributed by atoms with Gasteiger partial charge in [0, 0.05) is 18.0 Å². The predicted molar refractivity (Wildman–Crippen MR) is 115 cm³/mol. The highest BCUT2D eigenvalue weighted by atomic mass is 35.5. The molecule has 7 heteroatoms. The molecule has 0 aliphatic carbocycles. The van der Waals surface area contributed by atoms with Gasteiger partial charge in [-0.1, -0.05) is 54.9 Å². The molecule has 1 atom stereocenters. The predicted octanol–water partition coefficient (Wildman–Crippen LogP) is 4.46. The number of nitrogens with one attached hydrogen (secondary N) is 1. The van der Waals surface area contributed by atoms with Crippen molar-refractivity contribution < 1.29 is 13.2 Å². The normalized spacial score (nSPS) is 12.4. The standard InChI is InChI=1S/C21H27ClN2O3S/c1-4-19(17-10-6-5-7-11-17)23-21(25)14-9-15-24(28(3,26)27)20-13-8-12-18(22)16(20)2/h5-8,10-13,19H,4,9,14-15H2,1-3H3,(H,23,25)/t19-/m0/s1. The fraction of sp³-hybridized carbons (Fsp3) is 0.381. The summed E-state index contributed by atoms with van der Waals surface area (Å²) in [5, 5.41) is 3.54. The van der Waals surface area contributed by atoms with E-state index in [0.29, 0.717) is 22.7 Å². The van der Waals surface area contributed by atoms with Gasteiger partial charge in [0.15, 0.2) is 0 Å². The Morgan fingerprint density at radius 1 is 1.14 bits per heavy atom. The zero-order chi connectivity index (χ0) is 20.7. The molecule has 0 unspecified atom stereocenters. The van der Waals surface area contributed by atoms with E-state index in [2.05, 4.69) is 5.32 Å². The van der Waals surface area contributed by atoms with Gasteiger partial charge < -0.3 is 5.32 Å². The van der Waals surface area contributed by atoms with Crippen LogP contribution in [0.2, 0.25) is 5.02 Å². The molecule has 0 heterocycles. The first-order valence-corrected chi connectivity index (χ1v) is 11.5. The Kier molecular flexibility index (Phi) is 7.89. The maximum absolute atomic E-state index is 12.4.